The van der Waals surface area contributed by atoms with E-state index in [0.717, 1.165) is 0 Å². The van der Waals surface area contributed by atoms with Crippen molar-refractivity contribution in [3.63, 3.8) is 0 Å². The molecule has 0 saturated carbocycles. The molecule has 2 rings (SSSR count). The molecule has 2 aromatic rings. The highest BCUT2D eigenvalue weighted by Crippen LogP contribution is 2.29. The van der Waals surface area contributed by atoms with Crippen LogP contribution in [0.3, 0.4) is 0 Å². The number of alkyl halides is 2. The fourth-order valence-electron chi connectivity index (χ4n) is 1.43. The molecule has 0 spiro atoms. The molecule has 0 bridgehead atoms. The van der Waals surface area contributed by atoms with Gasteiger partial charge in [0.2, 0.25) is 0 Å². The Labute approximate surface area is 78.7 Å². The Balaban J connectivity index is 2.83. The Kier molecular flexibility index (Phi) is 1.94. The van der Waals surface area contributed by atoms with Gasteiger partial charge in [-0.25, -0.2) is 13.8 Å². The standard InChI is InChI=1S/C9H8F2N2O/c1-4-3-6(8(10)11)7-5(2)13-14-9(7)12-4/h3,8H,1-2H3. The van der Waals surface area contributed by atoms with E-state index in [-0.39, 0.29) is 11.3 Å². The summed E-state index contributed by atoms with van der Waals surface area (Å²) < 4.78 is 30.1. The predicted octanol–water partition coefficient (Wildman–Crippen LogP) is 2.78. The number of fused-ring (bicyclic) bond motifs is 1. The second-order valence-corrected chi connectivity index (χ2v) is 3.10. The Morgan fingerprint density at radius 3 is 2.71 bits per heavy atom. The van der Waals surface area contributed by atoms with Gasteiger partial charge in [0.25, 0.3) is 12.1 Å². The van der Waals surface area contributed by atoms with E-state index in [4.69, 9.17) is 4.52 Å². The van der Waals surface area contributed by atoms with E-state index in [1.54, 1.807) is 13.8 Å². The van der Waals surface area contributed by atoms with Crippen molar-refractivity contribution in [1.29, 1.82) is 0 Å². The van der Waals surface area contributed by atoms with Crippen LogP contribution < -0.4 is 0 Å². The molecule has 0 aliphatic carbocycles. The zero-order chi connectivity index (χ0) is 10.3. The van der Waals surface area contributed by atoms with Crippen LogP contribution in [0, 0.1) is 13.8 Å². The summed E-state index contributed by atoms with van der Waals surface area (Å²) in [6.07, 6.45) is -2.53. The van der Waals surface area contributed by atoms with Crippen LogP contribution in [0.1, 0.15) is 23.4 Å². The molecule has 0 amide bonds. The van der Waals surface area contributed by atoms with Gasteiger partial charge in [-0.1, -0.05) is 5.16 Å². The molecule has 0 aliphatic heterocycles. The van der Waals surface area contributed by atoms with Crippen LogP contribution in [0.4, 0.5) is 8.78 Å². The zero-order valence-electron chi connectivity index (χ0n) is 7.71. The SMILES string of the molecule is Cc1cc(C(F)F)c2c(C)noc2n1. The summed E-state index contributed by atoms with van der Waals surface area (Å²) in [6.45, 7) is 3.26. The molecule has 0 fully saturated rings. The summed E-state index contributed by atoms with van der Waals surface area (Å²) >= 11 is 0. The smallest absolute Gasteiger partial charge is 0.264 e. The van der Waals surface area contributed by atoms with Crippen LogP contribution >= 0.6 is 0 Å². The number of aromatic nitrogens is 2. The number of aryl methyl sites for hydroxylation is 2. The Hall–Kier alpha value is -1.52. The molecule has 0 aliphatic rings. The molecular formula is C9H8F2N2O. The quantitative estimate of drug-likeness (QED) is 0.707. The third-order valence-corrected chi connectivity index (χ3v) is 2.01. The predicted molar refractivity (Wildman–Crippen MR) is 46.2 cm³/mol. The summed E-state index contributed by atoms with van der Waals surface area (Å²) in [7, 11) is 0. The van der Waals surface area contributed by atoms with Crippen LogP contribution in [-0.4, -0.2) is 10.1 Å². The topological polar surface area (TPSA) is 38.9 Å². The lowest BCUT2D eigenvalue weighted by atomic mass is 10.1. The number of halogens is 2. The molecule has 0 saturated heterocycles. The molecule has 0 atom stereocenters. The third-order valence-electron chi connectivity index (χ3n) is 2.01. The van der Waals surface area contributed by atoms with Gasteiger partial charge in [0.15, 0.2) is 0 Å². The Morgan fingerprint density at radius 2 is 2.07 bits per heavy atom. The van der Waals surface area contributed by atoms with E-state index in [9.17, 15) is 8.78 Å². The molecule has 14 heavy (non-hydrogen) atoms. The first-order valence-corrected chi connectivity index (χ1v) is 4.11. The molecule has 3 nitrogen and oxygen atoms in total. The first-order chi connectivity index (χ1) is 6.59. The van der Waals surface area contributed by atoms with Crippen molar-refractivity contribution >= 4 is 11.1 Å². The van der Waals surface area contributed by atoms with Gasteiger partial charge in [0, 0.05) is 11.3 Å². The van der Waals surface area contributed by atoms with Gasteiger partial charge in [0.1, 0.15) is 0 Å². The number of nitrogens with zero attached hydrogens (tertiary/aromatic N) is 2. The Morgan fingerprint density at radius 1 is 1.36 bits per heavy atom. The molecule has 0 radical (unpaired) electrons. The van der Waals surface area contributed by atoms with Crippen LogP contribution in [0.25, 0.3) is 11.1 Å². The maximum atomic E-state index is 12.6. The van der Waals surface area contributed by atoms with E-state index in [1.807, 2.05) is 0 Å². The lowest BCUT2D eigenvalue weighted by molar-refractivity contribution is 0.153. The van der Waals surface area contributed by atoms with Crippen molar-refractivity contribution in [3.05, 3.63) is 23.0 Å². The average molecular weight is 198 g/mol. The molecule has 5 heteroatoms. The van der Waals surface area contributed by atoms with Gasteiger partial charge in [-0.15, -0.1) is 0 Å². The maximum absolute atomic E-state index is 12.6. The van der Waals surface area contributed by atoms with Crippen LogP contribution in [0.5, 0.6) is 0 Å². The van der Waals surface area contributed by atoms with Gasteiger partial charge in [0.05, 0.1) is 11.1 Å². The second-order valence-electron chi connectivity index (χ2n) is 3.10. The summed E-state index contributed by atoms with van der Waals surface area (Å²) in [5, 5.41) is 3.93. The molecule has 2 heterocycles. The minimum absolute atomic E-state index is 0.0637. The summed E-state index contributed by atoms with van der Waals surface area (Å²) in [5.74, 6) is 0. The summed E-state index contributed by atoms with van der Waals surface area (Å²) in [6, 6.07) is 1.36. The normalized spacial score (nSPS) is 11.5. The zero-order valence-corrected chi connectivity index (χ0v) is 7.71. The molecule has 0 aromatic carbocycles. The van der Waals surface area contributed by atoms with Crippen molar-refractivity contribution in [2.24, 2.45) is 0 Å². The van der Waals surface area contributed by atoms with Crippen molar-refractivity contribution in [3.8, 4) is 0 Å². The highest BCUT2D eigenvalue weighted by atomic mass is 19.3. The van der Waals surface area contributed by atoms with Crippen molar-refractivity contribution < 1.29 is 13.3 Å². The first-order valence-electron chi connectivity index (χ1n) is 4.11. The molecule has 74 valence electrons. The van der Waals surface area contributed by atoms with Crippen LogP contribution in [0.15, 0.2) is 10.6 Å². The van der Waals surface area contributed by atoms with E-state index in [2.05, 4.69) is 10.1 Å². The van der Waals surface area contributed by atoms with Crippen LogP contribution in [-0.2, 0) is 0 Å². The summed E-state index contributed by atoms with van der Waals surface area (Å²) in [4.78, 5) is 3.98. The lowest BCUT2D eigenvalue weighted by Crippen LogP contribution is -1.91. The first kappa shape index (κ1) is 9.05. The second kappa shape index (κ2) is 3.01. The number of pyridine rings is 1. The van der Waals surface area contributed by atoms with E-state index < -0.39 is 6.43 Å². The van der Waals surface area contributed by atoms with Crippen molar-refractivity contribution in [2.75, 3.05) is 0 Å². The van der Waals surface area contributed by atoms with E-state index in [1.165, 1.54) is 6.07 Å². The van der Waals surface area contributed by atoms with E-state index >= 15 is 0 Å². The number of rotatable bonds is 1. The lowest BCUT2D eigenvalue weighted by Gasteiger charge is -2.01. The number of hydrogen-bond acceptors (Lipinski definition) is 3. The van der Waals surface area contributed by atoms with Gasteiger partial charge in [-0.2, -0.15) is 0 Å². The Bertz CT molecular complexity index is 479. The molecule has 2 aromatic heterocycles. The fourth-order valence-corrected chi connectivity index (χ4v) is 1.43. The molecule has 0 unspecified atom stereocenters. The van der Waals surface area contributed by atoms with Gasteiger partial charge in [-0.05, 0) is 19.9 Å². The summed E-state index contributed by atoms with van der Waals surface area (Å²) in [5.41, 5.74) is 1.07. The highest BCUT2D eigenvalue weighted by Gasteiger charge is 2.18. The minimum atomic E-state index is -2.53. The van der Waals surface area contributed by atoms with Gasteiger partial charge >= 0.3 is 0 Å². The number of hydrogen-bond donors (Lipinski definition) is 0. The van der Waals surface area contributed by atoms with Crippen LogP contribution in [0.2, 0.25) is 0 Å². The molecular weight excluding hydrogens is 190 g/mol. The van der Waals surface area contributed by atoms with E-state index in [0.29, 0.717) is 16.8 Å². The van der Waals surface area contributed by atoms with Crippen molar-refractivity contribution in [2.45, 2.75) is 20.3 Å². The average Bonchev–Trinajstić information content (AvgIpc) is 2.46. The monoisotopic (exact) mass is 198 g/mol. The van der Waals surface area contributed by atoms with Crippen molar-refractivity contribution in [1.82, 2.24) is 10.1 Å². The maximum Gasteiger partial charge on any atom is 0.264 e. The fraction of sp³-hybridized carbons (Fsp3) is 0.333. The molecule has 0 N–H and O–H groups in total. The highest BCUT2D eigenvalue weighted by molar-refractivity contribution is 5.80. The van der Waals surface area contributed by atoms with Gasteiger partial charge < -0.3 is 4.52 Å². The third kappa shape index (κ3) is 1.25. The minimum Gasteiger partial charge on any atom is -0.336 e. The largest absolute Gasteiger partial charge is 0.336 e. The van der Waals surface area contributed by atoms with Gasteiger partial charge in [-0.3, -0.25) is 0 Å².